The molecule has 0 unspecified atom stereocenters. The van der Waals surface area contributed by atoms with Crippen LogP contribution in [-0.2, 0) is 23.9 Å². The van der Waals surface area contributed by atoms with Gasteiger partial charge in [-0.2, -0.15) is 0 Å². The standard InChI is InChI=1S/C23H24FN3O3.C20H21NO3.C18H17NO3.5HI.2V/c1-13(2)16-11-17(14-5-7-15(24)8-6-14)26-18-12-19(30-20(16)18)21(28)27-10-9-25-22(29)23(27,3)4;1-5-23-20(22)18-11-17-19(24-18)15(12(2)3)10-16(21-17)14-8-6-13(4)7-9-14;1-10(2)13-8-14(12-6-4-11(3)5-7-12)19-15-9-16(18(20)21)22-17(13)15;;;;;;;/h5-8,11-13H,9-10H2,1-4H3,(H,25,29);6-12H,5H2,1-4H3;4-10H,1-3H3,(H,20,21);5*1H;;/q;;;;;;;;+2;+3/p-5. The normalized spacial score (nSPS) is 12.7. The molecule has 0 atom stereocenters. The van der Waals surface area contributed by atoms with Crippen LogP contribution in [0.2, 0.25) is 0 Å². The van der Waals surface area contributed by atoms with E-state index >= 15 is 0 Å². The van der Waals surface area contributed by atoms with Crippen molar-refractivity contribution in [3.63, 3.8) is 0 Å². The predicted octanol–water partition coefficient (Wildman–Crippen LogP) is 18.3. The van der Waals surface area contributed by atoms with Crippen molar-refractivity contribution in [1.82, 2.24) is 25.2 Å². The van der Waals surface area contributed by atoms with E-state index in [9.17, 15) is 23.6 Å². The molecule has 0 bridgehead atoms. The number of benzene rings is 3. The number of carboxylic acids is 1. The molecule has 14 nitrogen and oxygen atoms in total. The van der Waals surface area contributed by atoms with E-state index in [4.69, 9.17) is 23.1 Å². The van der Waals surface area contributed by atoms with Crippen LogP contribution in [0.15, 0.2) is 122 Å². The molecule has 6 aromatic heterocycles. The van der Waals surface area contributed by atoms with Crippen molar-refractivity contribution in [3.05, 3.63) is 160 Å². The number of hydrogen-bond donors (Lipinski definition) is 2. The summed E-state index contributed by atoms with van der Waals surface area (Å²) in [7, 11) is 0.628. The molecule has 2 N–H and O–H groups in total. The van der Waals surface area contributed by atoms with Crippen LogP contribution < -0.4 is 5.32 Å². The summed E-state index contributed by atoms with van der Waals surface area (Å²) in [5, 5.41) is 11.9. The van der Waals surface area contributed by atoms with Crippen LogP contribution >= 0.6 is 99.9 Å². The topological polar surface area (TPSA) is 191 Å². The van der Waals surface area contributed by atoms with Crippen LogP contribution in [0.25, 0.3) is 67.1 Å². The first-order valence-corrected chi connectivity index (χ1v) is 48.7. The summed E-state index contributed by atoms with van der Waals surface area (Å²) in [6, 6.07) is 33.2. The number of rotatable bonds is 10. The Labute approximate surface area is 549 Å². The van der Waals surface area contributed by atoms with Gasteiger partial charge < -0.3 is 33.3 Å². The quantitative estimate of drug-likeness (QED) is 0.0974. The first kappa shape index (κ1) is 68.5. The van der Waals surface area contributed by atoms with E-state index in [0.29, 0.717) is 68.2 Å². The number of esters is 1. The molecule has 0 aliphatic carbocycles. The molecule has 0 spiro atoms. The van der Waals surface area contributed by atoms with Gasteiger partial charge in [-0.3, -0.25) is 9.59 Å². The number of aromatic nitrogens is 3. The summed E-state index contributed by atoms with van der Waals surface area (Å²) < 4.78 is 35.5. The number of carboxylic acid groups (broad SMARTS) is 1. The van der Waals surface area contributed by atoms with Gasteiger partial charge in [0.15, 0.2) is 22.5 Å². The van der Waals surface area contributed by atoms with Crippen molar-refractivity contribution < 1.29 is 61.0 Å². The molecule has 1 aliphatic rings. The number of nitrogens with zero attached hydrogens (tertiary/aromatic N) is 4. The van der Waals surface area contributed by atoms with Gasteiger partial charge in [-0.15, -0.1) is 0 Å². The third-order valence-electron chi connectivity index (χ3n) is 13.2. The van der Waals surface area contributed by atoms with E-state index in [2.05, 4.69) is 179 Å². The molecule has 1 fully saturated rings. The fourth-order valence-corrected chi connectivity index (χ4v) is 8.84. The van der Waals surface area contributed by atoms with Gasteiger partial charge in [-0.25, -0.2) is 28.9 Å². The number of aryl methyl sites for hydroxylation is 2. The van der Waals surface area contributed by atoms with Crippen molar-refractivity contribution >= 4 is 157 Å². The van der Waals surface area contributed by atoms with E-state index in [0.717, 1.165) is 44.8 Å². The third kappa shape index (κ3) is 18.0. The summed E-state index contributed by atoms with van der Waals surface area (Å²) in [4.78, 5) is 63.6. The first-order chi connectivity index (χ1) is 39.3. The van der Waals surface area contributed by atoms with Gasteiger partial charge in [0.1, 0.15) is 27.9 Å². The Kier molecular flexibility index (Phi) is 25.8. The molecule has 3 aromatic carbocycles. The minimum atomic E-state index is -1.08. The summed E-state index contributed by atoms with van der Waals surface area (Å²) in [6.45, 7) is 22.8. The Bertz CT molecular complexity index is 3720. The predicted molar refractivity (Wildman–Crippen MR) is 361 cm³/mol. The summed E-state index contributed by atoms with van der Waals surface area (Å²) in [5.74, 6) is -1.53. The molecule has 7 heterocycles. The van der Waals surface area contributed by atoms with Crippen LogP contribution in [0.5, 0.6) is 0 Å². The molecule has 9 aromatic rings. The van der Waals surface area contributed by atoms with Gasteiger partial charge in [-0.1, -0.05) is 101 Å². The van der Waals surface area contributed by atoms with Crippen molar-refractivity contribution in [2.24, 2.45) is 0 Å². The number of ether oxygens (including phenoxy) is 1. The Hall–Kier alpha value is -3.64. The molecule has 1 aliphatic heterocycles. The van der Waals surface area contributed by atoms with Crippen molar-refractivity contribution in [2.45, 2.75) is 99.5 Å². The molecule has 437 valence electrons. The number of nitrogens with one attached hydrogen (secondary N) is 1. The fraction of sp³-hybridized carbons (Fsp3) is 0.295. The fourth-order valence-electron chi connectivity index (χ4n) is 8.84. The van der Waals surface area contributed by atoms with E-state index < -0.39 is 17.5 Å². The number of carbonyl (C=O) groups excluding carboxylic acids is 3. The summed E-state index contributed by atoms with van der Waals surface area (Å²) in [6.07, 6.45) is 0. The van der Waals surface area contributed by atoms with E-state index in [1.807, 2.05) is 63.2 Å². The zero-order valence-corrected chi connectivity index (χ0v) is 61.0. The van der Waals surface area contributed by atoms with Gasteiger partial charge in [-0.05, 0) is 94.8 Å². The van der Waals surface area contributed by atoms with Crippen LogP contribution in [0.1, 0.15) is 140 Å². The zero-order valence-electron chi connectivity index (χ0n) is 47.4. The SMILES string of the molecule is CC(C)c1cc(-c2ccc(F)cc2)nc2cc(C(=O)N3CCNC(=O)C3(C)C)oc12.CCOC(=O)c1cc2nc(-c3ccc(C)cc3)cc(C(C)C)c2o1.Cc1ccc(-c2cc(C(C)C)c3oc(C(=O)O)cc3n2)cc1.[I][V]([I])[I].[I][V][I]. The van der Waals surface area contributed by atoms with E-state index in [1.165, 1.54) is 34.2 Å². The molecule has 1 saturated heterocycles. The number of carbonyl (C=O) groups is 4. The zero-order chi connectivity index (χ0) is 61.0. The molecule has 0 radical (unpaired) electrons. The minimum absolute atomic E-state index is 0.0783. The average molecular weight is 1760 g/mol. The second kappa shape index (κ2) is 31.3. The molecule has 10 rings (SSSR count). The molecular formula is C61H62FI5N5O9V2. The van der Waals surface area contributed by atoms with E-state index in [1.54, 1.807) is 45.0 Å². The maximum absolute atomic E-state index is 13.3. The van der Waals surface area contributed by atoms with Gasteiger partial charge in [0.25, 0.3) is 5.91 Å². The molecule has 22 heteroatoms. The summed E-state index contributed by atoms with van der Waals surface area (Å²) in [5.41, 5.74) is 13.1. The first-order valence-electron chi connectivity index (χ1n) is 26.2. The monoisotopic (exact) mass is 1760 g/mol. The maximum atomic E-state index is 13.3. The number of halogens is 6. The number of aromatic carboxylic acids is 1. The van der Waals surface area contributed by atoms with Crippen molar-refractivity contribution in [3.8, 4) is 33.8 Å². The second-order valence-corrected chi connectivity index (χ2v) is 67.7. The Morgan fingerprint density at radius 3 is 1.39 bits per heavy atom. The van der Waals surface area contributed by atoms with E-state index in [-0.39, 0.29) is 57.6 Å². The Balaban J connectivity index is 0.000000191. The number of fused-ring (bicyclic) bond motifs is 3. The average Bonchev–Trinajstić information content (AvgIpc) is 4.24. The number of hydrogen-bond acceptors (Lipinski definition) is 11. The Morgan fingerprint density at radius 1 is 0.663 bits per heavy atom. The van der Waals surface area contributed by atoms with Gasteiger partial charge in [0, 0.05) is 64.7 Å². The number of pyridine rings is 3. The second-order valence-electron chi connectivity index (χ2n) is 20.5. The number of amides is 2. The molecule has 2 amide bonds. The Morgan fingerprint density at radius 2 is 1.01 bits per heavy atom. The van der Waals surface area contributed by atoms with Crippen LogP contribution in [0, 0.1) is 19.7 Å². The van der Waals surface area contributed by atoms with Crippen LogP contribution in [0.4, 0.5) is 4.39 Å². The molecule has 83 heavy (non-hydrogen) atoms. The van der Waals surface area contributed by atoms with Crippen LogP contribution in [-0.4, -0.2) is 73.9 Å². The van der Waals surface area contributed by atoms with Crippen molar-refractivity contribution in [2.75, 3.05) is 19.7 Å². The van der Waals surface area contributed by atoms with Crippen molar-refractivity contribution in [1.29, 1.82) is 0 Å². The van der Waals surface area contributed by atoms with Gasteiger partial charge in [0.2, 0.25) is 17.4 Å². The third-order valence-corrected chi connectivity index (χ3v) is 13.2. The van der Waals surface area contributed by atoms with Crippen LogP contribution in [0.3, 0.4) is 0 Å². The van der Waals surface area contributed by atoms with Gasteiger partial charge in [0.05, 0.1) is 23.7 Å². The summed E-state index contributed by atoms with van der Waals surface area (Å²) >= 11 is 12.1. The number of piperazine rings is 1. The number of furan rings is 3. The molecular weight excluding hydrogens is 1700 g/mol. The molecule has 0 saturated carbocycles. The van der Waals surface area contributed by atoms with Gasteiger partial charge >= 0.3 is 126 Å².